The molecule has 84 valence electrons. The molecular formula is C8H5F6N. The molecule has 0 saturated carbocycles. The van der Waals surface area contributed by atoms with Crippen molar-refractivity contribution >= 4 is 0 Å². The SMILES string of the molecule is Cc1c(CC(F)(F)F)nc(F)c(F)c1F. The number of hydrogen-bond acceptors (Lipinski definition) is 1. The van der Waals surface area contributed by atoms with Gasteiger partial charge in [-0.3, -0.25) is 0 Å². The van der Waals surface area contributed by atoms with Gasteiger partial charge in [0, 0.05) is 5.56 Å². The summed E-state index contributed by atoms with van der Waals surface area (Å²) in [6, 6.07) is 0. The van der Waals surface area contributed by atoms with Gasteiger partial charge in [0.25, 0.3) is 5.95 Å². The number of aromatic nitrogens is 1. The van der Waals surface area contributed by atoms with Crippen LogP contribution < -0.4 is 0 Å². The Morgan fingerprint density at radius 1 is 1.07 bits per heavy atom. The van der Waals surface area contributed by atoms with Gasteiger partial charge in [-0.1, -0.05) is 0 Å². The number of halogens is 6. The van der Waals surface area contributed by atoms with Gasteiger partial charge < -0.3 is 0 Å². The van der Waals surface area contributed by atoms with E-state index >= 15 is 0 Å². The third-order valence-corrected chi connectivity index (χ3v) is 1.74. The van der Waals surface area contributed by atoms with Crippen LogP contribution >= 0.6 is 0 Å². The number of rotatable bonds is 1. The van der Waals surface area contributed by atoms with Crippen molar-refractivity contribution < 1.29 is 26.3 Å². The van der Waals surface area contributed by atoms with E-state index in [9.17, 15) is 26.3 Å². The zero-order valence-corrected chi connectivity index (χ0v) is 7.42. The van der Waals surface area contributed by atoms with Crippen molar-refractivity contribution in [2.75, 3.05) is 0 Å². The van der Waals surface area contributed by atoms with E-state index in [-0.39, 0.29) is 0 Å². The maximum atomic E-state index is 12.8. The minimum atomic E-state index is -4.64. The second kappa shape index (κ2) is 3.71. The van der Waals surface area contributed by atoms with Gasteiger partial charge >= 0.3 is 6.18 Å². The summed E-state index contributed by atoms with van der Waals surface area (Å²) < 4.78 is 73.5. The highest BCUT2D eigenvalue weighted by Crippen LogP contribution is 2.24. The Kier molecular flexibility index (Phi) is 2.92. The summed E-state index contributed by atoms with van der Waals surface area (Å²) in [7, 11) is 0. The van der Waals surface area contributed by atoms with E-state index in [2.05, 4.69) is 4.98 Å². The van der Waals surface area contributed by atoms with Crippen LogP contribution in [0.25, 0.3) is 0 Å². The van der Waals surface area contributed by atoms with Crippen molar-refractivity contribution in [3.05, 3.63) is 28.8 Å². The lowest BCUT2D eigenvalue weighted by Gasteiger charge is -2.09. The normalized spacial score (nSPS) is 11.9. The van der Waals surface area contributed by atoms with Crippen LogP contribution in [0.2, 0.25) is 0 Å². The average molecular weight is 229 g/mol. The molecule has 0 aromatic carbocycles. The number of hydrogen-bond donors (Lipinski definition) is 0. The van der Waals surface area contributed by atoms with Crippen LogP contribution in [0, 0.1) is 24.5 Å². The van der Waals surface area contributed by atoms with E-state index in [4.69, 9.17) is 0 Å². The predicted octanol–water partition coefficient (Wildman–Crippen LogP) is 2.91. The Morgan fingerprint density at radius 2 is 1.60 bits per heavy atom. The van der Waals surface area contributed by atoms with Crippen molar-refractivity contribution in [1.29, 1.82) is 0 Å². The van der Waals surface area contributed by atoms with E-state index in [1.54, 1.807) is 0 Å². The molecule has 15 heavy (non-hydrogen) atoms. The highest BCUT2D eigenvalue weighted by molar-refractivity contribution is 5.22. The molecule has 1 aromatic rings. The average Bonchev–Trinajstić information content (AvgIpc) is 2.08. The van der Waals surface area contributed by atoms with Crippen molar-refractivity contribution in [1.82, 2.24) is 4.98 Å². The predicted molar refractivity (Wildman–Crippen MR) is 38.6 cm³/mol. The number of alkyl halides is 3. The molecule has 0 bridgehead atoms. The molecule has 1 rings (SSSR count). The highest BCUT2D eigenvalue weighted by Gasteiger charge is 2.31. The van der Waals surface area contributed by atoms with Crippen molar-refractivity contribution in [2.45, 2.75) is 19.5 Å². The summed E-state index contributed by atoms with van der Waals surface area (Å²) >= 11 is 0. The zero-order valence-electron chi connectivity index (χ0n) is 7.42. The first-order chi connectivity index (χ1) is 6.72. The fraction of sp³-hybridized carbons (Fsp3) is 0.375. The van der Waals surface area contributed by atoms with Gasteiger partial charge in [0.2, 0.25) is 5.82 Å². The van der Waals surface area contributed by atoms with E-state index in [1.807, 2.05) is 0 Å². The van der Waals surface area contributed by atoms with Gasteiger partial charge in [-0.15, -0.1) is 0 Å². The summed E-state index contributed by atoms with van der Waals surface area (Å²) in [6.45, 7) is 0.909. The molecule has 1 nitrogen and oxygen atoms in total. The first-order valence-corrected chi connectivity index (χ1v) is 3.79. The molecule has 0 amide bonds. The molecule has 1 heterocycles. The summed E-state index contributed by atoms with van der Waals surface area (Å²) in [5.41, 5.74) is -1.48. The molecule has 0 aliphatic heterocycles. The Balaban J connectivity index is 3.21. The van der Waals surface area contributed by atoms with Crippen molar-refractivity contribution in [3.63, 3.8) is 0 Å². The Bertz CT molecular complexity index is 384. The minimum absolute atomic E-state index is 0.633. The highest BCUT2D eigenvalue weighted by atomic mass is 19.4. The minimum Gasteiger partial charge on any atom is -0.221 e. The molecular weight excluding hydrogens is 224 g/mol. The van der Waals surface area contributed by atoms with Crippen LogP contribution in [-0.2, 0) is 6.42 Å². The van der Waals surface area contributed by atoms with Crippen LogP contribution in [0.15, 0.2) is 0 Å². The largest absolute Gasteiger partial charge is 0.394 e. The fourth-order valence-corrected chi connectivity index (χ4v) is 0.995. The van der Waals surface area contributed by atoms with Crippen molar-refractivity contribution in [2.24, 2.45) is 0 Å². The topological polar surface area (TPSA) is 12.9 Å². The van der Waals surface area contributed by atoms with Gasteiger partial charge in [-0.2, -0.15) is 22.0 Å². The maximum absolute atomic E-state index is 12.8. The van der Waals surface area contributed by atoms with Crippen LogP contribution in [-0.4, -0.2) is 11.2 Å². The standard InChI is InChI=1S/C8H5F6N/c1-3-4(2-8(12,13)14)15-7(11)6(10)5(3)9/h2H2,1H3. The fourth-order valence-electron chi connectivity index (χ4n) is 0.995. The second-order valence-corrected chi connectivity index (χ2v) is 2.89. The summed E-state index contributed by atoms with van der Waals surface area (Å²) in [5.74, 6) is -5.36. The van der Waals surface area contributed by atoms with Gasteiger partial charge in [-0.05, 0) is 6.92 Å². The van der Waals surface area contributed by atoms with E-state index < -0.39 is 41.4 Å². The Labute approximate surface area is 80.7 Å². The van der Waals surface area contributed by atoms with Gasteiger partial charge in [0.1, 0.15) is 0 Å². The maximum Gasteiger partial charge on any atom is 0.394 e. The van der Waals surface area contributed by atoms with Crippen LogP contribution in [0.1, 0.15) is 11.3 Å². The lowest BCUT2D eigenvalue weighted by atomic mass is 10.1. The molecule has 0 unspecified atom stereocenters. The third-order valence-electron chi connectivity index (χ3n) is 1.74. The first-order valence-electron chi connectivity index (χ1n) is 3.79. The first kappa shape index (κ1) is 11.8. The Morgan fingerprint density at radius 3 is 2.07 bits per heavy atom. The molecule has 1 aromatic heterocycles. The zero-order chi connectivity index (χ0) is 11.8. The number of pyridine rings is 1. The summed E-state index contributed by atoms with van der Waals surface area (Å²) in [6.07, 6.45) is -6.23. The quantitative estimate of drug-likeness (QED) is 0.533. The Hall–Kier alpha value is -1.27. The van der Waals surface area contributed by atoms with Crippen LogP contribution in [0.5, 0.6) is 0 Å². The summed E-state index contributed by atoms with van der Waals surface area (Å²) in [4.78, 5) is 2.72. The third kappa shape index (κ3) is 2.60. The second-order valence-electron chi connectivity index (χ2n) is 2.89. The number of nitrogens with zero attached hydrogens (tertiary/aromatic N) is 1. The molecule has 0 N–H and O–H groups in total. The smallest absolute Gasteiger partial charge is 0.221 e. The van der Waals surface area contributed by atoms with E-state index in [0.29, 0.717) is 0 Å². The van der Waals surface area contributed by atoms with E-state index in [0.717, 1.165) is 6.92 Å². The molecule has 7 heteroatoms. The van der Waals surface area contributed by atoms with Gasteiger partial charge in [0.15, 0.2) is 5.82 Å². The summed E-state index contributed by atoms with van der Waals surface area (Å²) in [5, 5.41) is 0. The van der Waals surface area contributed by atoms with E-state index in [1.165, 1.54) is 0 Å². The molecule has 0 atom stereocenters. The molecule has 0 spiro atoms. The molecule has 0 radical (unpaired) electrons. The molecule has 0 aliphatic rings. The van der Waals surface area contributed by atoms with Crippen LogP contribution in [0.3, 0.4) is 0 Å². The van der Waals surface area contributed by atoms with Crippen LogP contribution in [0.4, 0.5) is 26.3 Å². The molecule has 0 aliphatic carbocycles. The van der Waals surface area contributed by atoms with Gasteiger partial charge in [0.05, 0.1) is 12.1 Å². The van der Waals surface area contributed by atoms with Gasteiger partial charge in [-0.25, -0.2) is 9.37 Å². The van der Waals surface area contributed by atoms with Crippen molar-refractivity contribution in [3.8, 4) is 0 Å². The molecule has 0 fully saturated rings. The monoisotopic (exact) mass is 229 g/mol. The lowest BCUT2D eigenvalue weighted by molar-refractivity contribution is -0.128. The lowest BCUT2D eigenvalue weighted by Crippen LogP contribution is -2.16. The molecule has 0 saturated heterocycles.